The minimum absolute atomic E-state index is 0.0602. The minimum atomic E-state index is -0.552. The van der Waals surface area contributed by atoms with Crippen molar-refractivity contribution in [2.45, 2.75) is 50.6 Å². The molecule has 0 bridgehead atoms. The molecular formula is C27H31FN8O3. The van der Waals surface area contributed by atoms with Gasteiger partial charge in [-0.15, -0.1) is 0 Å². The summed E-state index contributed by atoms with van der Waals surface area (Å²) >= 11 is 0. The van der Waals surface area contributed by atoms with E-state index >= 15 is 0 Å². The van der Waals surface area contributed by atoms with Gasteiger partial charge in [-0.25, -0.2) is 19.3 Å². The van der Waals surface area contributed by atoms with Gasteiger partial charge in [-0.1, -0.05) is 0 Å². The number of carbonyl (C=O) groups is 2. The first-order valence-electron chi connectivity index (χ1n) is 13.3. The Labute approximate surface area is 225 Å². The number of hydrogen-bond acceptors (Lipinski definition) is 8. The number of halogens is 1. The topological polar surface area (TPSA) is 129 Å². The Bertz CT molecular complexity index is 1410. The van der Waals surface area contributed by atoms with Gasteiger partial charge in [0.1, 0.15) is 17.3 Å². The molecule has 1 aliphatic carbocycles. The zero-order valence-corrected chi connectivity index (χ0v) is 22.0. The van der Waals surface area contributed by atoms with E-state index in [9.17, 15) is 14.0 Å². The fourth-order valence-electron chi connectivity index (χ4n) is 5.82. The molecule has 2 saturated heterocycles. The van der Waals surface area contributed by atoms with E-state index in [2.05, 4.69) is 35.4 Å². The average molecular weight is 535 g/mol. The Kier molecular flexibility index (Phi) is 6.40. The summed E-state index contributed by atoms with van der Waals surface area (Å²) in [7, 11) is 1.45. The summed E-state index contributed by atoms with van der Waals surface area (Å²) in [5.41, 5.74) is 0.487. The average Bonchev–Trinajstić information content (AvgIpc) is 3.31. The number of likely N-dealkylation sites (tertiary alicyclic amines) is 1. The molecule has 5 heterocycles. The van der Waals surface area contributed by atoms with Gasteiger partial charge in [0.05, 0.1) is 19.0 Å². The van der Waals surface area contributed by atoms with Gasteiger partial charge in [-0.05, 0) is 51.2 Å². The predicted molar refractivity (Wildman–Crippen MR) is 140 cm³/mol. The first-order valence-corrected chi connectivity index (χ1v) is 13.3. The third-order valence-electron chi connectivity index (χ3n) is 8.09. The first-order chi connectivity index (χ1) is 18.8. The molecule has 0 aromatic carbocycles. The molecular weight excluding hydrogens is 503 g/mol. The smallest absolute Gasteiger partial charge is 0.272 e. The summed E-state index contributed by atoms with van der Waals surface area (Å²) in [6.45, 7) is 3.91. The van der Waals surface area contributed by atoms with Crippen LogP contribution >= 0.6 is 0 Å². The van der Waals surface area contributed by atoms with Crippen molar-refractivity contribution in [3.05, 3.63) is 47.9 Å². The second-order valence-corrected chi connectivity index (χ2v) is 10.6. The maximum atomic E-state index is 14.4. The number of nitrogens with one attached hydrogen (secondary N) is 2. The number of hydrogen-bond donors (Lipinski definition) is 2. The van der Waals surface area contributed by atoms with Crippen LogP contribution in [0.1, 0.15) is 48.4 Å². The lowest BCUT2D eigenvalue weighted by atomic mass is 9.87. The molecule has 2 amide bonds. The van der Waals surface area contributed by atoms with E-state index in [1.54, 1.807) is 12.3 Å². The standard InChI is InChI=1S/C27H31FN8O3/c1-16-29-8-3-23(31-16)35-9-5-18(15-35)32-25(37)17-4-10-36(27(13-17)6-7-27)26(38)22-12-21(33-34-22)19-11-24(39-2)30-14-20(19)28/h3,8,11-12,14,17-18H,4-7,9-10,13,15H2,1-2H3,(H,32,37)(H,33,34). The Morgan fingerprint density at radius 2 is 2.05 bits per heavy atom. The van der Waals surface area contributed by atoms with Crippen molar-refractivity contribution in [2.75, 3.05) is 31.6 Å². The summed E-state index contributed by atoms with van der Waals surface area (Å²) in [5, 5.41) is 10.2. The molecule has 1 spiro atoms. The van der Waals surface area contributed by atoms with Crippen LogP contribution in [0.2, 0.25) is 0 Å². The van der Waals surface area contributed by atoms with Crippen molar-refractivity contribution in [3.8, 4) is 17.1 Å². The van der Waals surface area contributed by atoms with Gasteiger partial charge in [-0.3, -0.25) is 14.7 Å². The quantitative estimate of drug-likeness (QED) is 0.494. The SMILES string of the molecule is COc1cc(-c2cc(C(=O)N3CCC(C(=O)NC4CCN(c5ccnc(C)n5)C4)CC34CC4)[nH]n2)c(F)cn1. The second kappa shape index (κ2) is 9.90. The van der Waals surface area contributed by atoms with E-state index in [4.69, 9.17) is 4.74 Å². The van der Waals surface area contributed by atoms with Crippen molar-refractivity contribution < 1.29 is 18.7 Å². The number of anilines is 1. The monoisotopic (exact) mass is 534 g/mol. The van der Waals surface area contributed by atoms with Crippen LogP contribution in [0.3, 0.4) is 0 Å². The number of H-pyrrole nitrogens is 1. The molecule has 0 radical (unpaired) electrons. The van der Waals surface area contributed by atoms with Crippen LogP contribution in [0.15, 0.2) is 30.6 Å². The van der Waals surface area contributed by atoms with Crippen LogP contribution in [0, 0.1) is 18.7 Å². The number of aromatic amines is 1. The van der Waals surface area contributed by atoms with Crippen LogP contribution in [-0.4, -0.2) is 80.2 Å². The third kappa shape index (κ3) is 4.90. The summed E-state index contributed by atoms with van der Waals surface area (Å²) in [6.07, 6.45) is 6.66. The Morgan fingerprint density at radius 1 is 1.21 bits per heavy atom. The molecule has 11 nitrogen and oxygen atoms in total. The molecule has 1 saturated carbocycles. The lowest BCUT2D eigenvalue weighted by Crippen LogP contribution is -2.52. The summed E-state index contributed by atoms with van der Waals surface area (Å²) in [5.74, 6) is 1.06. The van der Waals surface area contributed by atoms with Gasteiger partial charge in [0.25, 0.3) is 5.91 Å². The highest BCUT2D eigenvalue weighted by Gasteiger charge is 2.54. The van der Waals surface area contributed by atoms with Gasteiger partial charge >= 0.3 is 0 Å². The number of carbonyl (C=O) groups excluding carboxylic acids is 2. The van der Waals surface area contributed by atoms with Crippen molar-refractivity contribution in [1.29, 1.82) is 0 Å². The van der Waals surface area contributed by atoms with E-state index in [0.717, 1.165) is 50.2 Å². The fourth-order valence-corrected chi connectivity index (χ4v) is 5.82. The zero-order valence-electron chi connectivity index (χ0n) is 22.0. The second-order valence-electron chi connectivity index (χ2n) is 10.6. The molecule has 3 aliphatic rings. The molecule has 39 heavy (non-hydrogen) atoms. The normalized spacial score (nSPS) is 21.7. The maximum absolute atomic E-state index is 14.4. The summed E-state index contributed by atoms with van der Waals surface area (Å²) in [4.78, 5) is 43.2. The van der Waals surface area contributed by atoms with Crippen LogP contribution in [0.5, 0.6) is 5.88 Å². The largest absolute Gasteiger partial charge is 0.481 e. The van der Waals surface area contributed by atoms with Crippen molar-refractivity contribution >= 4 is 17.6 Å². The highest BCUT2D eigenvalue weighted by molar-refractivity contribution is 5.94. The molecule has 3 aromatic heterocycles. The highest BCUT2D eigenvalue weighted by atomic mass is 19.1. The third-order valence-corrected chi connectivity index (χ3v) is 8.09. The maximum Gasteiger partial charge on any atom is 0.272 e. The number of pyridine rings is 1. The van der Waals surface area contributed by atoms with Gasteiger partial charge in [0.15, 0.2) is 5.82 Å². The van der Waals surface area contributed by atoms with Crippen LogP contribution < -0.4 is 15.0 Å². The molecule has 2 atom stereocenters. The number of nitrogens with zero attached hydrogens (tertiary/aromatic N) is 6. The van der Waals surface area contributed by atoms with Crippen molar-refractivity contribution in [1.82, 2.24) is 35.4 Å². The minimum Gasteiger partial charge on any atom is -0.481 e. The van der Waals surface area contributed by atoms with E-state index in [0.29, 0.717) is 30.8 Å². The van der Waals surface area contributed by atoms with Crippen LogP contribution in [-0.2, 0) is 4.79 Å². The number of rotatable bonds is 6. The van der Waals surface area contributed by atoms with Gasteiger partial charge in [0, 0.05) is 55.0 Å². The predicted octanol–water partition coefficient (Wildman–Crippen LogP) is 2.50. The fraction of sp³-hybridized carbons (Fsp3) is 0.481. The molecule has 2 N–H and O–H groups in total. The van der Waals surface area contributed by atoms with Crippen LogP contribution in [0.4, 0.5) is 10.2 Å². The number of methoxy groups -OCH3 is 1. The Balaban J connectivity index is 1.08. The molecule has 12 heteroatoms. The van der Waals surface area contributed by atoms with Gasteiger partial charge < -0.3 is 19.9 Å². The molecule has 6 rings (SSSR count). The van der Waals surface area contributed by atoms with Gasteiger partial charge in [0.2, 0.25) is 11.8 Å². The number of amides is 2. The number of ether oxygens (including phenoxy) is 1. The van der Waals surface area contributed by atoms with Crippen molar-refractivity contribution in [3.63, 3.8) is 0 Å². The molecule has 3 aromatic rings. The molecule has 3 fully saturated rings. The molecule has 204 valence electrons. The number of aryl methyl sites for hydroxylation is 1. The molecule has 2 aliphatic heterocycles. The van der Waals surface area contributed by atoms with E-state index in [1.165, 1.54) is 13.2 Å². The first kappa shape index (κ1) is 25.2. The van der Waals surface area contributed by atoms with Gasteiger partial charge in [-0.2, -0.15) is 5.10 Å². The zero-order chi connectivity index (χ0) is 27.1. The molecule has 2 unspecified atom stereocenters. The lowest BCUT2D eigenvalue weighted by molar-refractivity contribution is -0.127. The van der Waals surface area contributed by atoms with Crippen molar-refractivity contribution in [2.24, 2.45) is 5.92 Å². The highest BCUT2D eigenvalue weighted by Crippen LogP contribution is 2.50. The van der Waals surface area contributed by atoms with Crippen LogP contribution in [0.25, 0.3) is 11.3 Å². The summed E-state index contributed by atoms with van der Waals surface area (Å²) in [6, 6.07) is 4.97. The Morgan fingerprint density at radius 3 is 2.82 bits per heavy atom. The summed E-state index contributed by atoms with van der Waals surface area (Å²) < 4.78 is 19.5. The van der Waals surface area contributed by atoms with E-state index < -0.39 is 5.82 Å². The number of aromatic nitrogens is 5. The Hall–Kier alpha value is -4.09. The van der Waals surface area contributed by atoms with E-state index in [1.807, 2.05) is 17.9 Å². The van der Waals surface area contributed by atoms with E-state index in [-0.39, 0.29) is 40.8 Å². The number of piperidine rings is 1. The lowest BCUT2D eigenvalue weighted by Gasteiger charge is -2.39.